The Balaban J connectivity index is 1.79. The molecule has 5 heteroatoms. The lowest BCUT2D eigenvalue weighted by atomic mass is 10.0. The molecular formula is C14H16N4O. The lowest BCUT2D eigenvalue weighted by molar-refractivity contribution is 0.303. The van der Waals surface area contributed by atoms with Crippen LogP contribution >= 0.6 is 0 Å². The molecule has 0 radical (unpaired) electrons. The molecule has 0 bridgehead atoms. The Morgan fingerprint density at radius 2 is 1.89 bits per heavy atom. The third-order valence-electron chi connectivity index (χ3n) is 3.15. The van der Waals surface area contributed by atoms with Crippen molar-refractivity contribution in [2.24, 2.45) is 5.84 Å². The Bertz CT molecular complexity index is 525. The number of benzene rings is 1. The molecule has 1 atom stereocenters. The van der Waals surface area contributed by atoms with Gasteiger partial charge in [0.05, 0.1) is 18.3 Å². The summed E-state index contributed by atoms with van der Waals surface area (Å²) in [5.74, 6) is 6.55. The maximum absolute atomic E-state index is 5.73. The van der Waals surface area contributed by atoms with Gasteiger partial charge in [-0.3, -0.25) is 5.84 Å². The van der Waals surface area contributed by atoms with E-state index in [1.807, 2.05) is 30.3 Å². The van der Waals surface area contributed by atoms with Crippen molar-refractivity contribution in [3.8, 4) is 5.75 Å². The molecule has 1 aromatic heterocycles. The molecule has 19 heavy (non-hydrogen) atoms. The van der Waals surface area contributed by atoms with E-state index < -0.39 is 0 Å². The van der Waals surface area contributed by atoms with Gasteiger partial charge in [0, 0.05) is 6.20 Å². The van der Waals surface area contributed by atoms with Crippen LogP contribution in [0.4, 0.5) is 0 Å². The van der Waals surface area contributed by atoms with E-state index in [0.717, 1.165) is 29.7 Å². The van der Waals surface area contributed by atoms with E-state index in [1.165, 1.54) is 0 Å². The van der Waals surface area contributed by atoms with Crippen LogP contribution < -0.4 is 16.0 Å². The standard InChI is InChI=1S/C14H16N4O/c15-18-14(11-7-8-16-17-9-11)10-1-3-12(4-2-10)19-13-5-6-13/h1-4,7-9,13-14,18H,5-6,15H2. The van der Waals surface area contributed by atoms with E-state index >= 15 is 0 Å². The second kappa shape index (κ2) is 5.34. The fraction of sp³-hybridized carbons (Fsp3) is 0.286. The molecule has 1 fully saturated rings. The molecular weight excluding hydrogens is 240 g/mol. The average Bonchev–Trinajstić information content (AvgIpc) is 3.27. The number of hydrazine groups is 1. The van der Waals surface area contributed by atoms with Crippen LogP contribution in [-0.4, -0.2) is 16.3 Å². The normalized spacial score (nSPS) is 16.1. The molecule has 1 aliphatic carbocycles. The molecule has 1 saturated carbocycles. The van der Waals surface area contributed by atoms with Crippen molar-refractivity contribution in [1.82, 2.24) is 15.6 Å². The summed E-state index contributed by atoms with van der Waals surface area (Å²) in [6.07, 6.45) is 6.11. The summed E-state index contributed by atoms with van der Waals surface area (Å²) in [4.78, 5) is 0. The van der Waals surface area contributed by atoms with Gasteiger partial charge in [-0.05, 0) is 42.2 Å². The van der Waals surface area contributed by atoms with Crippen LogP contribution in [0.3, 0.4) is 0 Å². The van der Waals surface area contributed by atoms with Gasteiger partial charge in [0.15, 0.2) is 0 Å². The Labute approximate surface area is 111 Å². The van der Waals surface area contributed by atoms with Crippen LogP contribution in [0.5, 0.6) is 5.75 Å². The summed E-state index contributed by atoms with van der Waals surface area (Å²) >= 11 is 0. The van der Waals surface area contributed by atoms with Crippen molar-refractivity contribution >= 4 is 0 Å². The molecule has 1 aromatic carbocycles. The maximum Gasteiger partial charge on any atom is 0.119 e. The average molecular weight is 256 g/mol. The zero-order valence-electron chi connectivity index (χ0n) is 10.5. The molecule has 2 aromatic rings. The number of aromatic nitrogens is 2. The van der Waals surface area contributed by atoms with Crippen molar-refractivity contribution in [2.45, 2.75) is 25.0 Å². The molecule has 1 unspecified atom stereocenters. The predicted molar refractivity (Wildman–Crippen MR) is 71.3 cm³/mol. The minimum absolute atomic E-state index is 0.0922. The van der Waals surface area contributed by atoms with Crippen molar-refractivity contribution in [3.63, 3.8) is 0 Å². The molecule has 0 spiro atoms. The monoisotopic (exact) mass is 256 g/mol. The quantitative estimate of drug-likeness (QED) is 0.627. The van der Waals surface area contributed by atoms with Gasteiger partial charge < -0.3 is 4.74 Å². The SMILES string of the molecule is NNC(c1ccc(OC2CC2)cc1)c1ccnnc1. The molecule has 98 valence electrons. The second-order valence-corrected chi connectivity index (χ2v) is 4.66. The summed E-state index contributed by atoms with van der Waals surface area (Å²) in [6.45, 7) is 0. The van der Waals surface area contributed by atoms with Crippen LogP contribution in [0.1, 0.15) is 30.0 Å². The smallest absolute Gasteiger partial charge is 0.119 e. The molecule has 3 N–H and O–H groups in total. The highest BCUT2D eigenvalue weighted by Gasteiger charge is 2.23. The van der Waals surface area contributed by atoms with Crippen molar-refractivity contribution < 1.29 is 4.74 Å². The Morgan fingerprint density at radius 3 is 2.47 bits per heavy atom. The van der Waals surface area contributed by atoms with Crippen molar-refractivity contribution in [2.75, 3.05) is 0 Å². The van der Waals surface area contributed by atoms with E-state index in [2.05, 4.69) is 15.6 Å². The van der Waals surface area contributed by atoms with Crippen LogP contribution in [0, 0.1) is 0 Å². The number of nitrogens with two attached hydrogens (primary N) is 1. The fourth-order valence-electron chi connectivity index (χ4n) is 1.97. The summed E-state index contributed by atoms with van der Waals surface area (Å²) < 4.78 is 5.73. The van der Waals surface area contributed by atoms with Crippen LogP contribution in [0.25, 0.3) is 0 Å². The van der Waals surface area contributed by atoms with Gasteiger partial charge in [-0.15, -0.1) is 0 Å². The van der Waals surface area contributed by atoms with E-state index in [1.54, 1.807) is 12.4 Å². The minimum Gasteiger partial charge on any atom is -0.490 e. The highest BCUT2D eigenvalue weighted by molar-refractivity contribution is 5.34. The van der Waals surface area contributed by atoms with Gasteiger partial charge >= 0.3 is 0 Å². The van der Waals surface area contributed by atoms with E-state index in [0.29, 0.717) is 6.10 Å². The van der Waals surface area contributed by atoms with E-state index in [4.69, 9.17) is 10.6 Å². The molecule has 1 heterocycles. The predicted octanol–water partition coefficient (Wildman–Crippen LogP) is 1.57. The van der Waals surface area contributed by atoms with Crippen molar-refractivity contribution in [3.05, 3.63) is 53.9 Å². The lowest BCUT2D eigenvalue weighted by Crippen LogP contribution is -2.28. The first-order valence-electron chi connectivity index (χ1n) is 6.36. The van der Waals surface area contributed by atoms with Crippen molar-refractivity contribution in [1.29, 1.82) is 0 Å². The molecule has 0 amide bonds. The largest absolute Gasteiger partial charge is 0.490 e. The summed E-state index contributed by atoms with van der Waals surface area (Å²) in [5, 5.41) is 7.64. The van der Waals surface area contributed by atoms with Crippen LogP contribution in [0.2, 0.25) is 0 Å². The summed E-state index contributed by atoms with van der Waals surface area (Å²) in [7, 11) is 0. The van der Waals surface area contributed by atoms with Gasteiger partial charge in [0.25, 0.3) is 0 Å². The molecule has 0 saturated heterocycles. The first-order valence-corrected chi connectivity index (χ1v) is 6.36. The maximum atomic E-state index is 5.73. The van der Waals surface area contributed by atoms with E-state index in [-0.39, 0.29) is 6.04 Å². The van der Waals surface area contributed by atoms with Gasteiger partial charge in [0.1, 0.15) is 5.75 Å². The zero-order valence-corrected chi connectivity index (χ0v) is 10.5. The van der Waals surface area contributed by atoms with Gasteiger partial charge in [0.2, 0.25) is 0 Å². The zero-order chi connectivity index (χ0) is 13.1. The summed E-state index contributed by atoms with van der Waals surface area (Å²) in [6, 6.07) is 9.79. The third kappa shape index (κ3) is 2.89. The first-order chi connectivity index (χ1) is 9.36. The van der Waals surface area contributed by atoms with Gasteiger partial charge in [-0.25, -0.2) is 5.43 Å². The number of hydrogen-bond acceptors (Lipinski definition) is 5. The number of rotatable bonds is 5. The second-order valence-electron chi connectivity index (χ2n) is 4.66. The van der Waals surface area contributed by atoms with Crippen LogP contribution in [0.15, 0.2) is 42.7 Å². The fourth-order valence-corrected chi connectivity index (χ4v) is 1.97. The third-order valence-corrected chi connectivity index (χ3v) is 3.15. The highest BCUT2D eigenvalue weighted by atomic mass is 16.5. The number of nitrogens with one attached hydrogen (secondary N) is 1. The Morgan fingerprint density at radius 1 is 1.11 bits per heavy atom. The Kier molecular flexibility index (Phi) is 3.39. The number of ether oxygens (including phenoxy) is 1. The van der Waals surface area contributed by atoms with Gasteiger partial charge in [-0.1, -0.05) is 12.1 Å². The van der Waals surface area contributed by atoms with E-state index in [9.17, 15) is 0 Å². The highest BCUT2D eigenvalue weighted by Crippen LogP contribution is 2.28. The van der Waals surface area contributed by atoms with Crippen LogP contribution in [-0.2, 0) is 0 Å². The molecule has 1 aliphatic rings. The molecule has 3 rings (SSSR count). The number of hydrogen-bond donors (Lipinski definition) is 2. The molecule has 0 aliphatic heterocycles. The summed E-state index contributed by atoms with van der Waals surface area (Å²) in [5.41, 5.74) is 4.85. The van der Waals surface area contributed by atoms with Gasteiger partial charge in [-0.2, -0.15) is 10.2 Å². The minimum atomic E-state index is -0.0922. The Hall–Kier alpha value is -1.98. The number of nitrogens with zero attached hydrogens (tertiary/aromatic N) is 2. The lowest BCUT2D eigenvalue weighted by Gasteiger charge is -2.16. The molecule has 5 nitrogen and oxygen atoms in total. The topological polar surface area (TPSA) is 73.1 Å². The first kappa shape index (κ1) is 12.1.